The summed E-state index contributed by atoms with van der Waals surface area (Å²) in [6.45, 7) is 14.4. The second kappa shape index (κ2) is 10.5. The van der Waals surface area contributed by atoms with Gasteiger partial charge in [0.15, 0.2) is 0 Å². The quantitative estimate of drug-likeness (QED) is 0.318. The van der Waals surface area contributed by atoms with Gasteiger partial charge in [0, 0.05) is 23.8 Å². The smallest absolute Gasteiger partial charge is 0.333 e. The van der Waals surface area contributed by atoms with E-state index in [9.17, 15) is 14.4 Å². The van der Waals surface area contributed by atoms with Crippen LogP contribution in [0.1, 0.15) is 20.8 Å². The van der Waals surface area contributed by atoms with Gasteiger partial charge < -0.3 is 18.9 Å². The lowest BCUT2D eigenvalue weighted by molar-refractivity contribution is -0.161. The van der Waals surface area contributed by atoms with Crippen molar-refractivity contribution in [1.29, 1.82) is 0 Å². The number of carbonyl (C=O) groups is 3. The Morgan fingerprint density at radius 3 is 1.16 bits per heavy atom. The van der Waals surface area contributed by atoms with Crippen LogP contribution in [-0.4, -0.2) is 51.4 Å². The number of carbonyl (C=O) groups excluding carboxylic acids is 3. The van der Waals surface area contributed by atoms with Crippen LogP contribution in [0.25, 0.3) is 0 Å². The second-order valence-corrected chi connectivity index (χ2v) is 6.00. The number of rotatable bonds is 11. The summed E-state index contributed by atoms with van der Waals surface area (Å²) in [7, 11) is 1.43. The summed E-state index contributed by atoms with van der Waals surface area (Å²) in [6.07, 6.45) is 0. The van der Waals surface area contributed by atoms with Gasteiger partial charge in [0.25, 0.3) is 0 Å². The zero-order chi connectivity index (χ0) is 19.6. The first kappa shape index (κ1) is 22.6. The molecule has 25 heavy (non-hydrogen) atoms. The Morgan fingerprint density at radius 1 is 0.680 bits per heavy atom. The third-order valence-corrected chi connectivity index (χ3v) is 3.02. The molecule has 0 unspecified atom stereocenters. The van der Waals surface area contributed by atoms with Gasteiger partial charge in [-0.15, -0.1) is 0 Å². The maximum Gasteiger partial charge on any atom is 0.333 e. The molecule has 0 aliphatic heterocycles. The standard InChI is InChI=1S/C18H26O7/c1-12(2)15(19)23-9-18(8-22-7,10-24-16(20)13(3)4)11-25-17(21)14(5)6/h1,3,5,8-11H2,2,4,6-7H3. The lowest BCUT2D eigenvalue weighted by Crippen LogP contribution is -2.43. The highest BCUT2D eigenvalue weighted by molar-refractivity contribution is 5.88. The second-order valence-electron chi connectivity index (χ2n) is 6.00. The highest BCUT2D eigenvalue weighted by Crippen LogP contribution is 2.22. The van der Waals surface area contributed by atoms with Crippen LogP contribution in [-0.2, 0) is 33.3 Å². The van der Waals surface area contributed by atoms with E-state index < -0.39 is 23.3 Å². The molecule has 0 aromatic rings. The lowest BCUT2D eigenvalue weighted by atomic mass is 9.92. The van der Waals surface area contributed by atoms with Crippen molar-refractivity contribution in [2.75, 3.05) is 33.5 Å². The van der Waals surface area contributed by atoms with E-state index in [1.807, 2.05) is 0 Å². The number of ether oxygens (including phenoxy) is 4. The van der Waals surface area contributed by atoms with Gasteiger partial charge in [0.2, 0.25) is 0 Å². The zero-order valence-corrected chi connectivity index (χ0v) is 15.3. The third kappa shape index (κ3) is 8.30. The van der Waals surface area contributed by atoms with Crippen molar-refractivity contribution in [3.05, 3.63) is 36.5 Å². The fourth-order valence-corrected chi connectivity index (χ4v) is 1.58. The number of hydrogen-bond acceptors (Lipinski definition) is 7. The van der Waals surface area contributed by atoms with E-state index in [-0.39, 0.29) is 43.1 Å². The molecule has 0 bridgehead atoms. The first-order valence-electron chi connectivity index (χ1n) is 7.51. The van der Waals surface area contributed by atoms with Gasteiger partial charge >= 0.3 is 17.9 Å². The summed E-state index contributed by atoms with van der Waals surface area (Å²) in [6, 6.07) is 0. The zero-order valence-electron chi connectivity index (χ0n) is 15.3. The normalized spacial score (nSPS) is 10.6. The van der Waals surface area contributed by atoms with Gasteiger partial charge in [-0.2, -0.15) is 0 Å². The Morgan fingerprint density at radius 2 is 0.960 bits per heavy atom. The Hall–Kier alpha value is -2.41. The van der Waals surface area contributed by atoms with E-state index in [2.05, 4.69) is 19.7 Å². The van der Waals surface area contributed by atoms with Crippen LogP contribution >= 0.6 is 0 Å². The van der Waals surface area contributed by atoms with Crippen LogP contribution in [0.3, 0.4) is 0 Å². The highest BCUT2D eigenvalue weighted by Gasteiger charge is 2.36. The molecule has 0 saturated heterocycles. The highest BCUT2D eigenvalue weighted by atomic mass is 16.6. The maximum absolute atomic E-state index is 11.7. The van der Waals surface area contributed by atoms with Gasteiger partial charge in [-0.3, -0.25) is 0 Å². The van der Waals surface area contributed by atoms with Crippen LogP contribution in [0.2, 0.25) is 0 Å². The average molecular weight is 354 g/mol. The molecule has 0 heterocycles. The molecule has 0 aliphatic rings. The van der Waals surface area contributed by atoms with Crippen LogP contribution in [0.5, 0.6) is 0 Å². The van der Waals surface area contributed by atoms with Crippen molar-refractivity contribution < 1.29 is 33.3 Å². The Labute approximate surface area is 148 Å². The fraction of sp³-hybridized carbons (Fsp3) is 0.500. The van der Waals surface area contributed by atoms with E-state index in [4.69, 9.17) is 18.9 Å². The molecule has 0 radical (unpaired) electrons. The van der Waals surface area contributed by atoms with E-state index in [0.29, 0.717) is 0 Å². The largest absolute Gasteiger partial charge is 0.461 e. The van der Waals surface area contributed by atoms with Crippen LogP contribution < -0.4 is 0 Å². The molecule has 0 spiro atoms. The van der Waals surface area contributed by atoms with Gasteiger partial charge in [-0.25, -0.2) is 14.4 Å². The van der Waals surface area contributed by atoms with E-state index >= 15 is 0 Å². The topological polar surface area (TPSA) is 88.1 Å². The molecular formula is C18H26O7. The average Bonchev–Trinajstić information content (AvgIpc) is 2.54. The molecule has 0 rings (SSSR count). The predicted molar refractivity (Wildman–Crippen MR) is 91.6 cm³/mol. The molecule has 7 heteroatoms. The minimum atomic E-state index is -1.07. The molecule has 0 atom stereocenters. The maximum atomic E-state index is 11.7. The van der Waals surface area contributed by atoms with Crippen LogP contribution in [0, 0.1) is 5.41 Å². The molecule has 0 aromatic carbocycles. The first-order valence-corrected chi connectivity index (χ1v) is 7.51. The van der Waals surface area contributed by atoms with Crippen molar-refractivity contribution in [3.63, 3.8) is 0 Å². The van der Waals surface area contributed by atoms with Gasteiger partial charge in [0.1, 0.15) is 19.8 Å². The summed E-state index contributed by atoms with van der Waals surface area (Å²) in [5, 5.41) is 0. The molecule has 0 N–H and O–H groups in total. The Balaban J connectivity index is 5.27. The van der Waals surface area contributed by atoms with Crippen molar-refractivity contribution in [3.8, 4) is 0 Å². The Kier molecular flexibility index (Phi) is 9.45. The van der Waals surface area contributed by atoms with E-state index in [1.54, 1.807) is 0 Å². The van der Waals surface area contributed by atoms with Crippen LogP contribution in [0.4, 0.5) is 0 Å². The molecule has 0 aromatic heterocycles. The minimum absolute atomic E-state index is 0.0173. The number of methoxy groups -OCH3 is 1. The monoisotopic (exact) mass is 354 g/mol. The SMILES string of the molecule is C=C(C)C(=O)OCC(COC)(COC(=O)C(=C)C)COC(=O)C(=C)C. The molecular weight excluding hydrogens is 328 g/mol. The van der Waals surface area contributed by atoms with E-state index in [1.165, 1.54) is 27.9 Å². The van der Waals surface area contributed by atoms with Crippen molar-refractivity contribution in [1.82, 2.24) is 0 Å². The predicted octanol–water partition coefficient (Wildman–Crippen LogP) is 1.98. The number of esters is 3. The molecule has 7 nitrogen and oxygen atoms in total. The van der Waals surface area contributed by atoms with Gasteiger partial charge in [-0.05, 0) is 20.8 Å². The van der Waals surface area contributed by atoms with Crippen molar-refractivity contribution in [2.24, 2.45) is 5.41 Å². The van der Waals surface area contributed by atoms with Crippen molar-refractivity contribution in [2.45, 2.75) is 20.8 Å². The van der Waals surface area contributed by atoms with Crippen LogP contribution in [0.15, 0.2) is 36.5 Å². The Bertz CT molecular complexity index is 486. The molecule has 0 saturated carbocycles. The van der Waals surface area contributed by atoms with Gasteiger partial charge in [0.05, 0.1) is 12.0 Å². The summed E-state index contributed by atoms with van der Waals surface area (Å²) < 4.78 is 20.6. The third-order valence-electron chi connectivity index (χ3n) is 3.02. The molecule has 0 amide bonds. The summed E-state index contributed by atoms with van der Waals surface area (Å²) in [5.74, 6) is -1.84. The first-order chi connectivity index (χ1) is 11.5. The molecule has 0 fully saturated rings. The summed E-state index contributed by atoms with van der Waals surface area (Å²) in [4.78, 5) is 35.0. The molecule has 140 valence electrons. The fourth-order valence-electron chi connectivity index (χ4n) is 1.58. The summed E-state index contributed by atoms with van der Waals surface area (Å²) in [5.41, 5.74) is -0.437. The minimum Gasteiger partial charge on any atom is -0.461 e. The number of hydrogen-bond donors (Lipinski definition) is 0. The summed E-state index contributed by atoms with van der Waals surface area (Å²) >= 11 is 0. The lowest BCUT2D eigenvalue weighted by Gasteiger charge is -2.31. The van der Waals surface area contributed by atoms with Gasteiger partial charge in [-0.1, -0.05) is 19.7 Å². The molecule has 0 aliphatic carbocycles. The van der Waals surface area contributed by atoms with E-state index in [0.717, 1.165) is 0 Å². The van der Waals surface area contributed by atoms with Crippen molar-refractivity contribution >= 4 is 17.9 Å².